The number of carboxylic acids is 1. The maximum absolute atomic E-state index is 11.6. The van der Waals surface area contributed by atoms with Crippen LogP contribution in [0.3, 0.4) is 0 Å². The Bertz CT molecular complexity index is 320. The van der Waals surface area contributed by atoms with Crippen LogP contribution in [0.2, 0.25) is 0 Å². The number of hydrogen-bond donors (Lipinski definition) is 3. The van der Waals surface area contributed by atoms with E-state index in [4.69, 9.17) is 5.11 Å². The van der Waals surface area contributed by atoms with Gasteiger partial charge >= 0.3 is 12.0 Å². The standard InChI is InChI=1S/C15H28N2O3/c1-11(6-7-14(18)19)8-9-16-15(20)17-10-13-5-3-4-12(13)2/h11-13H,3-10H2,1-2H3,(H,18,19)(H2,16,17,20). The number of carboxylic acid groups (broad SMARTS) is 1. The molecule has 0 aromatic heterocycles. The molecule has 3 atom stereocenters. The zero-order valence-electron chi connectivity index (χ0n) is 12.7. The number of aliphatic carboxylic acids is 1. The van der Waals surface area contributed by atoms with Crippen LogP contribution >= 0.6 is 0 Å². The van der Waals surface area contributed by atoms with Crippen LogP contribution in [0.15, 0.2) is 0 Å². The fraction of sp³-hybridized carbons (Fsp3) is 0.867. The van der Waals surface area contributed by atoms with E-state index in [0.29, 0.717) is 30.7 Å². The lowest BCUT2D eigenvalue weighted by atomic mass is 9.98. The fourth-order valence-electron chi connectivity index (χ4n) is 2.76. The van der Waals surface area contributed by atoms with E-state index in [9.17, 15) is 9.59 Å². The predicted molar refractivity (Wildman–Crippen MR) is 78.6 cm³/mol. The molecule has 0 aromatic rings. The minimum absolute atomic E-state index is 0.102. The zero-order valence-corrected chi connectivity index (χ0v) is 12.7. The van der Waals surface area contributed by atoms with Gasteiger partial charge in [-0.2, -0.15) is 0 Å². The third kappa shape index (κ3) is 6.78. The molecule has 0 bridgehead atoms. The first-order chi connectivity index (χ1) is 9.49. The largest absolute Gasteiger partial charge is 0.481 e. The third-order valence-corrected chi connectivity index (χ3v) is 4.34. The SMILES string of the molecule is CC(CCNC(=O)NCC1CCCC1C)CCC(=O)O. The van der Waals surface area contributed by atoms with Gasteiger partial charge in [-0.25, -0.2) is 4.79 Å². The molecule has 116 valence electrons. The summed E-state index contributed by atoms with van der Waals surface area (Å²) in [5, 5.41) is 14.4. The number of nitrogens with one attached hydrogen (secondary N) is 2. The summed E-state index contributed by atoms with van der Waals surface area (Å²) in [4.78, 5) is 22.1. The highest BCUT2D eigenvalue weighted by molar-refractivity contribution is 5.73. The van der Waals surface area contributed by atoms with Gasteiger partial charge in [0.25, 0.3) is 0 Å². The lowest BCUT2D eigenvalue weighted by Crippen LogP contribution is -2.39. The van der Waals surface area contributed by atoms with Crippen LogP contribution in [0.25, 0.3) is 0 Å². The summed E-state index contributed by atoms with van der Waals surface area (Å²) in [6.07, 6.45) is 5.45. The number of carbonyl (C=O) groups is 2. The molecule has 1 aliphatic carbocycles. The smallest absolute Gasteiger partial charge is 0.314 e. The molecule has 1 saturated carbocycles. The molecule has 2 amide bonds. The Labute approximate surface area is 121 Å². The minimum atomic E-state index is -0.756. The summed E-state index contributed by atoms with van der Waals surface area (Å²) in [6.45, 7) is 5.64. The van der Waals surface area contributed by atoms with Gasteiger partial charge in [0.1, 0.15) is 0 Å². The molecule has 5 heteroatoms. The Balaban J connectivity index is 2.03. The second-order valence-electron chi connectivity index (χ2n) is 6.13. The number of rotatable bonds is 8. The highest BCUT2D eigenvalue weighted by atomic mass is 16.4. The molecule has 1 aliphatic rings. The monoisotopic (exact) mass is 284 g/mol. The van der Waals surface area contributed by atoms with Crippen LogP contribution in [-0.4, -0.2) is 30.2 Å². The van der Waals surface area contributed by atoms with Gasteiger partial charge in [-0.05, 0) is 37.0 Å². The van der Waals surface area contributed by atoms with E-state index in [1.807, 2.05) is 6.92 Å². The van der Waals surface area contributed by atoms with Crippen molar-refractivity contribution in [2.75, 3.05) is 13.1 Å². The molecule has 0 heterocycles. The topological polar surface area (TPSA) is 78.4 Å². The molecular formula is C15H28N2O3. The first-order valence-corrected chi connectivity index (χ1v) is 7.72. The zero-order chi connectivity index (χ0) is 15.0. The molecule has 0 saturated heterocycles. The summed E-state index contributed by atoms with van der Waals surface area (Å²) >= 11 is 0. The van der Waals surface area contributed by atoms with Gasteiger partial charge in [-0.1, -0.05) is 26.7 Å². The van der Waals surface area contributed by atoms with E-state index in [0.717, 1.165) is 13.0 Å². The van der Waals surface area contributed by atoms with Gasteiger partial charge < -0.3 is 15.7 Å². The predicted octanol–water partition coefficient (Wildman–Crippen LogP) is 2.61. The number of carbonyl (C=O) groups excluding carboxylic acids is 1. The normalized spacial score (nSPS) is 23.3. The van der Waals surface area contributed by atoms with Crippen LogP contribution in [0.1, 0.15) is 52.4 Å². The van der Waals surface area contributed by atoms with Crippen LogP contribution in [0, 0.1) is 17.8 Å². The second kappa shape index (κ2) is 8.82. The molecule has 1 fully saturated rings. The molecule has 5 nitrogen and oxygen atoms in total. The van der Waals surface area contributed by atoms with Crippen molar-refractivity contribution in [3.63, 3.8) is 0 Å². The van der Waals surface area contributed by atoms with Crippen LogP contribution < -0.4 is 10.6 Å². The quantitative estimate of drug-likeness (QED) is 0.641. The average molecular weight is 284 g/mol. The molecular weight excluding hydrogens is 256 g/mol. The highest BCUT2D eigenvalue weighted by Gasteiger charge is 2.23. The van der Waals surface area contributed by atoms with Gasteiger partial charge in [0.15, 0.2) is 0 Å². The van der Waals surface area contributed by atoms with E-state index in [2.05, 4.69) is 17.6 Å². The Hall–Kier alpha value is -1.26. The van der Waals surface area contributed by atoms with Crippen molar-refractivity contribution in [1.82, 2.24) is 10.6 Å². The molecule has 20 heavy (non-hydrogen) atoms. The number of amides is 2. The third-order valence-electron chi connectivity index (χ3n) is 4.34. The molecule has 0 spiro atoms. The van der Waals surface area contributed by atoms with Gasteiger partial charge in [-0.3, -0.25) is 4.79 Å². The average Bonchev–Trinajstić information content (AvgIpc) is 2.79. The van der Waals surface area contributed by atoms with E-state index in [1.54, 1.807) is 0 Å². The van der Waals surface area contributed by atoms with Crippen molar-refractivity contribution in [3.05, 3.63) is 0 Å². The van der Waals surface area contributed by atoms with Crippen molar-refractivity contribution < 1.29 is 14.7 Å². The lowest BCUT2D eigenvalue weighted by Gasteiger charge is -2.16. The summed E-state index contributed by atoms with van der Waals surface area (Å²) in [7, 11) is 0. The van der Waals surface area contributed by atoms with Crippen molar-refractivity contribution in [1.29, 1.82) is 0 Å². The maximum atomic E-state index is 11.6. The summed E-state index contributed by atoms with van der Waals surface area (Å²) in [6, 6.07) is -0.102. The van der Waals surface area contributed by atoms with Gasteiger partial charge in [0.2, 0.25) is 0 Å². The lowest BCUT2D eigenvalue weighted by molar-refractivity contribution is -0.137. The van der Waals surface area contributed by atoms with Crippen molar-refractivity contribution in [2.24, 2.45) is 17.8 Å². The van der Waals surface area contributed by atoms with E-state index in [-0.39, 0.29) is 12.5 Å². The molecule has 0 radical (unpaired) electrons. The van der Waals surface area contributed by atoms with Gasteiger partial charge in [-0.15, -0.1) is 0 Å². The summed E-state index contributed by atoms with van der Waals surface area (Å²) < 4.78 is 0. The highest BCUT2D eigenvalue weighted by Crippen LogP contribution is 2.30. The molecule has 0 aromatic carbocycles. The second-order valence-corrected chi connectivity index (χ2v) is 6.13. The Kier molecular flexibility index (Phi) is 7.41. The fourth-order valence-corrected chi connectivity index (χ4v) is 2.76. The number of hydrogen-bond acceptors (Lipinski definition) is 2. The Morgan fingerprint density at radius 2 is 2.00 bits per heavy atom. The first-order valence-electron chi connectivity index (χ1n) is 7.72. The molecule has 3 N–H and O–H groups in total. The molecule has 1 rings (SSSR count). The molecule has 3 unspecified atom stereocenters. The van der Waals surface area contributed by atoms with Crippen LogP contribution in [-0.2, 0) is 4.79 Å². The van der Waals surface area contributed by atoms with E-state index >= 15 is 0 Å². The van der Waals surface area contributed by atoms with E-state index in [1.165, 1.54) is 19.3 Å². The van der Waals surface area contributed by atoms with Gasteiger partial charge in [0, 0.05) is 19.5 Å². The summed E-state index contributed by atoms with van der Waals surface area (Å²) in [5.74, 6) is 0.899. The van der Waals surface area contributed by atoms with Crippen LogP contribution in [0.4, 0.5) is 4.79 Å². The van der Waals surface area contributed by atoms with Crippen molar-refractivity contribution >= 4 is 12.0 Å². The van der Waals surface area contributed by atoms with Crippen molar-refractivity contribution in [3.8, 4) is 0 Å². The summed E-state index contributed by atoms with van der Waals surface area (Å²) in [5.41, 5.74) is 0. The Morgan fingerprint density at radius 3 is 2.60 bits per heavy atom. The van der Waals surface area contributed by atoms with Crippen LogP contribution in [0.5, 0.6) is 0 Å². The van der Waals surface area contributed by atoms with Gasteiger partial charge in [0.05, 0.1) is 0 Å². The van der Waals surface area contributed by atoms with Crippen molar-refractivity contribution in [2.45, 2.75) is 52.4 Å². The molecule has 0 aliphatic heterocycles. The van der Waals surface area contributed by atoms with E-state index < -0.39 is 5.97 Å². The Morgan fingerprint density at radius 1 is 1.25 bits per heavy atom. The first kappa shape index (κ1) is 16.8. The maximum Gasteiger partial charge on any atom is 0.314 e. The number of urea groups is 1. The minimum Gasteiger partial charge on any atom is -0.481 e.